The SMILES string of the molecule is C=CCOc1c(CC=C)cc(C=Nn2c(C(C)C)nc3ccc(Br)cc3c2=O)cc1OC. The quantitative estimate of drug-likeness (QED) is 0.291. The molecule has 1 heterocycles. The summed E-state index contributed by atoms with van der Waals surface area (Å²) in [5.41, 5.74) is 2.09. The van der Waals surface area contributed by atoms with Gasteiger partial charge in [0.15, 0.2) is 11.5 Å². The molecule has 0 N–H and O–H groups in total. The third-order valence-corrected chi connectivity index (χ3v) is 5.25. The van der Waals surface area contributed by atoms with Crippen LogP contribution in [0.25, 0.3) is 10.9 Å². The van der Waals surface area contributed by atoms with Crippen LogP contribution in [0.5, 0.6) is 11.5 Å². The van der Waals surface area contributed by atoms with Gasteiger partial charge in [0.25, 0.3) is 5.56 Å². The third kappa shape index (κ3) is 4.99. The van der Waals surface area contributed by atoms with Crippen molar-refractivity contribution in [3.8, 4) is 11.5 Å². The summed E-state index contributed by atoms with van der Waals surface area (Å²) in [6.07, 6.45) is 5.69. The molecule has 1 aromatic heterocycles. The fourth-order valence-electron chi connectivity index (χ4n) is 3.30. The molecule has 0 aliphatic heterocycles. The average molecular weight is 496 g/mol. The van der Waals surface area contributed by atoms with Gasteiger partial charge in [-0.3, -0.25) is 4.79 Å². The lowest BCUT2D eigenvalue weighted by Gasteiger charge is -2.15. The topological polar surface area (TPSA) is 65.7 Å². The summed E-state index contributed by atoms with van der Waals surface area (Å²) >= 11 is 3.42. The highest BCUT2D eigenvalue weighted by molar-refractivity contribution is 9.10. The lowest BCUT2D eigenvalue weighted by molar-refractivity contribution is 0.323. The van der Waals surface area contributed by atoms with Crippen LogP contribution in [0.4, 0.5) is 0 Å². The molecule has 32 heavy (non-hydrogen) atoms. The number of fused-ring (bicyclic) bond motifs is 1. The van der Waals surface area contributed by atoms with Crippen molar-refractivity contribution >= 4 is 33.0 Å². The van der Waals surface area contributed by atoms with Gasteiger partial charge in [-0.05, 0) is 42.3 Å². The molecule has 0 amide bonds. The van der Waals surface area contributed by atoms with Crippen molar-refractivity contribution in [1.29, 1.82) is 0 Å². The summed E-state index contributed by atoms with van der Waals surface area (Å²) in [5, 5.41) is 5.01. The minimum atomic E-state index is -0.222. The Balaban J connectivity index is 2.14. The third-order valence-electron chi connectivity index (χ3n) is 4.76. The van der Waals surface area contributed by atoms with Gasteiger partial charge in [0, 0.05) is 16.0 Å². The predicted octanol–water partition coefficient (Wildman–Crippen LogP) is 5.47. The number of rotatable bonds is 9. The van der Waals surface area contributed by atoms with Gasteiger partial charge in [-0.2, -0.15) is 9.78 Å². The Morgan fingerprint density at radius 3 is 2.66 bits per heavy atom. The van der Waals surface area contributed by atoms with Crippen molar-refractivity contribution in [3.05, 3.63) is 87.4 Å². The Morgan fingerprint density at radius 1 is 1.22 bits per heavy atom. The van der Waals surface area contributed by atoms with E-state index in [2.05, 4.69) is 39.2 Å². The molecule has 6 nitrogen and oxygen atoms in total. The minimum absolute atomic E-state index is 0.00781. The maximum Gasteiger partial charge on any atom is 0.282 e. The highest BCUT2D eigenvalue weighted by atomic mass is 79.9. The zero-order valence-corrected chi connectivity index (χ0v) is 20.1. The van der Waals surface area contributed by atoms with Crippen LogP contribution in [0.3, 0.4) is 0 Å². The standard InChI is InChI=1S/C25H26BrN3O3/c1-6-8-18-12-17(13-22(31-5)23(18)32-11-7-2)15-27-29-24(16(3)4)28-21-10-9-19(26)14-20(21)25(29)30/h6-7,9-10,12-16H,1-2,8,11H2,3-5H3. The molecule has 0 saturated carbocycles. The van der Waals surface area contributed by atoms with E-state index in [0.29, 0.717) is 41.3 Å². The molecule has 0 unspecified atom stereocenters. The number of allylic oxidation sites excluding steroid dienone is 1. The first-order valence-corrected chi connectivity index (χ1v) is 11.0. The number of ether oxygens (including phenoxy) is 2. The number of methoxy groups -OCH3 is 1. The second-order valence-corrected chi connectivity index (χ2v) is 8.37. The van der Waals surface area contributed by atoms with Gasteiger partial charge in [0.05, 0.1) is 24.2 Å². The number of nitrogens with zero attached hydrogens (tertiary/aromatic N) is 3. The highest BCUT2D eigenvalue weighted by Crippen LogP contribution is 2.33. The van der Waals surface area contributed by atoms with Gasteiger partial charge in [-0.1, -0.05) is 48.5 Å². The number of hydrogen-bond acceptors (Lipinski definition) is 5. The fraction of sp³-hybridized carbons (Fsp3) is 0.240. The van der Waals surface area contributed by atoms with Gasteiger partial charge in [0.2, 0.25) is 0 Å². The summed E-state index contributed by atoms with van der Waals surface area (Å²) < 4.78 is 13.5. The summed E-state index contributed by atoms with van der Waals surface area (Å²) in [6.45, 7) is 11.8. The van der Waals surface area contributed by atoms with Crippen LogP contribution in [0.2, 0.25) is 0 Å². The molecule has 0 bridgehead atoms. The van der Waals surface area contributed by atoms with Crippen LogP contribution in [-0.4, -0.2) is 29.6 Å². The Bertz CT molecular complexity index is 1250. The molecule has 0 spiro atoms. The second-order valence-electron chi connectivity index (χ2n) is 7.45. The molecule has 0 radical (unpaired) electrons. The zero-order valence-electron chi connectivity index (χ0n) is 18.5. The van der Waals surface area contributed by atoms with Crippen LogP contribution < -0.4 is 15.0 Å². The molecule has 7 heteroatoms. The molecule has 0 aliphatic carbocycles. The van der Waals surface area contributed by atoms with Crippen molar-refractivity contribution in [2.75, 3.05) is 13.7 Å². The molecule has 0 saturated heterocycles. The van der Waals surface area contributed by atoms with Crippen molar-refractivity contribution in [3.63, 3.8) is 0 Å². The van der Waals surface area contributed by atoms with Crippen molar-refractivity contribution < 1.29 is 9.47 Å². The molecule has 3 rings (SSSR count). The average Bonchev–Trinajstić information content (AvgIpc) is 2.77. The summed E-state index contributed by atoms with van der Waals surface area (Å²) in [7, 11) is 1.58. The Labute approximate surface area is 196 Å². The van der Waals surface area contributed by atoms with E-state index in [1.807, 2.05) is 38.1 Å². The van der Waals surface area contributed by atoms with E-state index in [4.69, 9.17) is 9.47 Å². The largest absolute Gasteiger partial charge is 0.493 e. The van der Waals surface area contributed by atoms with Crippen LogP contribution in [0, 0.1) is 0 Å². The molecule has 0 fully saturated rings. The van der Waals surface area contributed by atoms with E-state index in [0.717, 1.165) is 15.6 Å². The maximum absolute atomic E-state index is 13.2. The lowest BCUT2D eigenvalue weighted by Crippen LogP contribution is -2.23. The van der Waals surface area contributed by atoms with Crippen LogP contribution in [-0.2, 0) is 6.42 Å². The van der Waals surface area contributed by atoms with Crippen molar-refractivity contribution in [1.82, 2.24) is 9.66 Å². The van der Waals surface area contributed by atoms with Crippen LogP contribution >= 0.6 is 15.9 Å². The molecule has 166 valence electrons. The molecule has 0 aliphatic rings. The summed E-state index contributed by atoms with van der Waals surface area (Å²) in [6, 6.07) is 9.22. The first kappa shape index (κ1) is 23.5. The molecule has 2 aromatic carbocycles. The highest BCUT2D eigenvalue weighted by Gasteiger charge is 2.15. The lowest BCUT2D eigenvalue weighted by atomic mass is 10.1. The summed E-state index contributed by atoms with van der Waals surface area (Å²) in [5.74, 6) is 1.81. The normalized spacial score (nSPS) is 11.3. The van der Waals surface area contributed by atoms with Gasteiger partial charge in [0.1, 0.15) is 12.4 Å². The number of aromatic nitrogens is 2. The molecular weight excluding hydrogens is 470 g/mol. The first-order valence-electron chi connectivity index (χ1n) is 10.2. The number of hydrogen-bond donors (Lipinski definition) is 0. The van der Waals surface area contributed by atoms with E-state index >= 15 is 0 Å². The molecule has 0 atom stereocenters. The first-order chi connectivity index (χ1) is 15.4. The van der Waals surface area contributed by atoms with E-state index < -0.39 is 0 Å². The van der Waals surface area contributed by atoms with E-state index in [1.165, 1.54) is 4.68 Å². The molecule has 3 aromatic rings. The number of benzene rings is 2. The van der Waals surface area contributed by atoms with Gasteiger partial charge in [-0.15, -0.1) is 6.58 Å². The van der Waals surface area contributed by atoms with Gasteiger partial charge >= 0.3 is 0 Å². The zero-order chi connectivity index (χ0) is 23.3. The van der Waals surface area contributed by atoms with Crippen molar-refractivity contribution in [2.24, 2.45) is 5.10 Å². The van der Waals surface area contributed by atoms with Crippen LogP contribution in [0.15, 0.2) is 70.0 Å². The predicted molar refractivity (Wildman–Crippen MR) is 133 cm³/mol. The van der Waals surface area contributed by atoms with Crippen molar-refractivity contribution in [2.45, 2.75) is 26.2 Å². The van der Waals surface area contributed by atoms with E-state index in [-0.39, 0.29) is 11.5 Å². The van der Waals surface area contributed by atoms with Gasteiger partial charge in [-0.25, -0.2) is 4.98 Å². The van der Waals surface area contributed by atoms with Gasteiger partial charge < -0.3 is 9.47 Å². The number of halogens is 1. The fourth-order valence-corrected chi connectivity index (χ4v) is 3.66. The Kier molecular flexibility index (Phi) is 7.64. The smallest absolute Gasteiger partial charge is 0.282 e. The minimum Gasteiger partial charge on any atom is -0.493 e. The van der Waals surface area contributed by atoms with E-state index in [1.54, 1.807) is 31.5 Å². The van der Waals surface area contributed by atoms with E-state index in [9.17, 15) is 4.79 Å². The summed E-state index contributed by atoms with van der Waals surface area (Å²) in [4.78, 5) is 17.9. The second kappa shape index (κ2) is 10.4. The Hall–Kier alpha value is -3.19. The monoisotopic (exact) mass is 495 g/mol. The molecular formula is C25H26BrN3O3. The maximum atomic E-state index is 13.2. The van der Waals surface area contributed by atoms with Crippen LogP contribution in [0.1, 0.15) is 36.7 Å². The Morgan fingerprint density at radius 2 is 2.00 bits per heavy atom.